The Morgan fingerprint density at radius 3 is 2.65 bits per heavy atom. The fourth-order valence-corrected chi connectivity index (χ4v) is 3.57. The van der Waals surface area contributed by atoms with Crippen LogP contribution in [0.3, 0.4) is 0 Å². The first-order valence-electron chi connectivity index (χ1n) is 9.88. The summed E-state index contributed by atoms with van der Waals surface area (Å²) in [5.41, 5.74) is -1.62. The van der Waals surface area contributed by atoms with Crippen LogP contribution in [0, 0.1) is 11.8 Å². The van der Waals surface area contributed by atoms with Crippen LogP contribution < -0.4 is 0 Å². The van der Waals surface area contributed by atoms with E-state index in [0.717, 1.165) is 38.5 Å². The van der Waals surface area contributed by atoms with Crippen LogP contribution in [0.1, 0.15) is 71.6 Å². The molecule has 0 aromatic rings. The number of carbonyl (C=O) groups is 1. The SMILES string of the molecule is CCCCC(C)(F)C(O)C=C[C@H]1CCC(O)[C@@H]1CC/C=C/CCC(=O)O. The molecule has 0 radical (unpaired) electrons. The van der Waals surface area contributed by atoms with Crippen molar-refractivity contribution >= 4 is 5.97 Å². The number of carboxylic acids is 1. The highest BCUT2D eigenvalue weighted by Gasteiger charge is 2.34. The summed E-state index contributed by atoms with van der Waals surface area (Å²) in [6.45, 7) is 3.44. The lowest BCUT2D eigenvalue weighted by atomic mass is 9.88. The lowest BCUT2D eigenvalue weighted by Gasteiger charge is -2.25. The van der Waals surface area contributed by atoms with Crippen molar-refractivity contribution in [3.05, 3.63) is 24.3 Å². The molecule has 1 rings (SSSR count). The fourth-order valence-electron chi connectivity index (χ4n) is 3.57. The zero-order chi connectivity index (χ0) is 19.6. The second-order valence-corrected chi connectivity index (χ2v) is 7.66. The Morgan fingerprint density at radius 1 is 1.31 bits per heavy atom. The summed E-state index contributed by atoms with van der Waals surface area (Å²) < 4.78 is 14.5. The van der Waals surface area contributed by atoms with Gasteiger partial charge in [-0.15, -0.1) is 0 Å². The number of aliphatic hydroxyl groups excluding tert-OH is 2. The van der Waals surface area contributed by atoms with E-state index in [1.165, 1.54) is 6.92 Å². The number of alkyl halides is 1. The van der Waals surface area contributed by atoms with Gasteiger partial charge in [0.2, 0.25) is 0 Å². The summed E-state index contributed by atoms with van der Waals surface area (Å²) in [5, 5.41) is 29.0. The van der Waals surface area contributed by atoms with Crippen LogP contribution in [0.25, 0.3) is 0 Å². The van der Waals surface area contributed by atoms with Crippen molar-refractivity contribution in [1.29, 1.82) is 0 Å². The summed E-state index contributed by atoms with van der Waals surface area (Å²) in [6.07, 6.45) is 11.6. The van der Waals surface area contributed by atoms with E-state index in [1.807, 2.05) is 25.2 Å². The third-order valence-corrected chi connectivity index (χ3v) is 5.37. The Bertz CT molecular complexity index is 473. The molecule has 150 valence electrons. The van der Waals surface area contributed by atoms with Gasteiger partial charge in [0.25, 0.3) is 0 Å². The van der Waals surface area contributed by atoms with Crippen LogP contribution in [0.4, 0.5) is 4.39 Å². The van der Waals surface area contributed by atoms with E-state index < -0.39 is 17.7 Å². The number of allylic oxidation sites excluding steroid dienone is 3. The summed E-state index contributed by atoms with van der Waals surface area (Å²) >= 11 is 0. The van der Waals surface area contributed by atoms with Gasteiger partial charge < -0.3 is 15.3 Å². The molecule has 0 aromatic heterocycles. The molecule has 0 spiro atoms. The number of rotatable bonds is 12. The van der Waals surface area contributed by atoms with Crippen molar-refractivity contribution in [1.82, 2.24) is 0 Å². The van der Waals surface area contributed by atoms with Crippen molar-refractivity contribution in [2.45, 2.75) is 89.5 Å². The molecule has 3 N–H and O–H groups in total. The monoisotopic (exact) mass is 370 g/mol. The normalized spacial score (nSPS) is 27.2. The Morgan fingerprint density at radius 2 is 2.00 bits per heavy atom. The van der Waals surface area contributed by atoms with Gasteiger partial charge in [0.1, 0.15) is 11.8 Å². The number of carboxylic acid groups (broad SMARTS) is 1. The molecule has 4 nitrogen and oxygen atoms in total. The number of aliphatic hydroxyl groups is 2. The molecule has 1 fully saturated rings. The van der Waals surface area contributed by atoms with Gasteiger partial charge in [0.15, 0.2) is 0 Å². The quantitative estimate of drug-likeness (QED) is 0.445. The Hall–Kier alpha value is -1.20. The van der Waals surface area contributed by atoms with Crippen molar-refractivity contribution in [2.75, 3.05) is 0 Å². The predicted octanol–water partition coefficient (Wildman–Crippen LogP) is 4.41. The first kappa shape index (κ1) is 22.8. The van der Waals surface area contributed by atoms with E-state index in [1.54, 1.807) is 6.08 Å². The lowest BCUT2D eigenvalue weighted by Crippen LogP contribution is -2.33. The van der Waals surface area contributed by atoms with Gasteiger partial charge in [-0.2, -0.15) is 0 Å². The Balaban J connectivity index is 2.50. The Kier molecular flexibility index (Phi) is 10.1. The van der Waals surface area contributed by atoms with E-state index in [2.05, 4.69) is 0 Å². The zero-order valence-corrected chi connectivity index (χ0v) is 16.1. The van der Waals surface area contributed by atoms with Crippen LogP contribution in [0.5, 0.6) is 0 Å². The number of hydrogen-bond donors (Lipinski definition) is 3. The molecule has 1 aliphatic carbocycles. The molecule has 26 heavy (non-hydrogen) atoms. The third-order valence-electron chi connectivity index (χ3n) is 5.37. The molecule has 3 unspecified atom stereocenters. The molecule has 0 aliphatic heterocycles. The molecule has 0 bridgehead atoms. The fraction of sp³-hybridized carbons (Fsp3) is 0.762. The van der Waals surface area contributed by atoms with Crippen molar-refractivity contribution in [2.24, 2.45) is 11.8 Å². The van der Waals surface area contributed by atoms with Crippen LogP contribution in [-0.2, 0) is 4.79 Å². The molecule has 5 atom stereocenters. The second kappa shape index (κ2) is 11.5. The third kappa shape index (κ3) is 8.00. The second-order valence-electron chi connectivity index (χ2n) is 7.66. The highest BCUT2D eigenvalue weighted by Crippen LogP contribution is 2.37. The van der Waals surface area contributed by atoms with Gasteiger partial charge in [-0.05, 0) is 57.3 Å². The maximum atomic E-state index is 14.5. The van der Waals surface area contributed by atoms with E-state index in [0.29, 0.717) is 12.8 Å². The van der Waals surface area contributed by atoms with Crippen LogP contribution in [-0.4, -0.2) is 39.2 Å². The van der Waals surface area contributed by atoms with E-state index >= 15 is 0 Å². The van der Waals surface area contributed by atoms with Crippen LogP contribution >= 0.6 is 0 Å². The van der Waals surface area contributed by atoms with Gasteiger partial charge in [-0.3, -0.25) is 4.79 Å². The van der Waals surface area contributed by atoms with Crippen LogP contribution in [0.2, 0.25) is 0 Å². The molecule has 5 heteroatoms. The minimum atomic E-state index is -1.62. The number of aliphatic carboxylic acids is 1. The predicted molar refractivity (Wildman–Crippen MR) is 102 cm³/mol. The molecule has 0 saturated heterocycles. The largest absolute Gasteiger partial charge is 0.481 e. The van der Waals surface area contributed by atoms with Gasteiger partial charge in [0.05, 0.1) is 6.10 Å². The highest BCUT2D eigenvalue weighted by molar-refractivity contribution is 5.66. The molecular weight excluding hydrogens is 335 g/mol. The molecule has 0 aromatic carbocycles. The molecule has 0 heterocycles. The van der Waals surface area contributed by atoms with E-state index in [9.17, 15) is 19.4 Å². The smallest absolute Gasteiger partial charge is 0.303 e. The van der Waals surface area contributed by atoms with Gasteiger partial charge in [-0.25, -0.2) is 4.39 Å². The zero-order valence-electron chi connectivity index (χ0n) is 16.1. The number of hydrogen-bond acceptors (Lipinski definition) is 3. The maximum Gasteiger partial charge on any atom is 0.303 e. The highest BCUT2D eigenvalue weighted by atomic mass is 19.1. The van der Waals surface area contributed by atoms with Crippen LogP contribution in [0.15, 0.2) is 24.3 Å². The molecule has 1 aliphatic rings. The first-order chi connectivity index (χ1) is 12.3. The average Bonchev–Trinajstić information content (AvgIpc) is 2.93. The van der Waals surface area contributed by atoms with Crippen molar-refractivity contribution in [3.8, 4) is 0 Å². The van der Waals surface area contributed by atoms with Gasteiger partial charge >= 0.3 is 5.97 Å². The minimum absolute atomic E-state index is 0.101. The van der Waals surface area contributed by atoms with Crippen molar-refractivity contribution < 1.29 is 24.5 Å². The maximum absolute atomic E-state index is 14.5. The summed E-state index contributed by atoms with van der Waals surface area (Å²) in [7, 11) is 0. The molecule has 1 saturated carbocycles. The summed E-state index contributed by atoms with van der Waals surface area (Å²) in [4.78, 5) is 10.5. The van der Waals surface area contributed by atoms with Crippen molar-refractivity contribution in [3.63, 3.8) is 0 Å². The van der Waals surface area contributed by atoms with Gasteiger partial charge in [-0.1, -0.05) is 44.1 Å². The molecular formula is C21H35FO4. The summed E-state index contributed by atoms with van der Waals surface area (Å²) in [6, 6.07) is 0. The molecule has 0 amide bonds. The lowest BCUT2D eigenvalue weighted by molar-refractivity contribution is -0.136. The van der Waals surface area contributed by atoms with E-state index in [-0.39, 0.29) is 24.4 Å². The Labute approximate surface area is 156 Å². The average molecular weight is 371 g/mol. The first-order valence-corrected chi connectivity index (χ1v) is 9.88. The topological polar surface area (TPSA) is 77.8 Å². The number of halogens is 1. The minimum Gasteiger partial charge on any atom is -0.481 e. The summed E-state index contributed by atoms with van der Waals surface area (Å²) in [5.74, 6) is -0.554. The van der Waals surface area contributed by atoms with Gasteiger partial charge in [0, 0.05) is 6.42 Å². The van der Waals surface area contributed by atoms with E-state index in [4.69, 9.17) is 5.11 Å². The number of unbranched alkanes of at least 4 members (excludes halogenated alkanes) is 1. The standard InChI is InChI=1S/C21H35FO4/c1-3-4-15-21(2,22)19(24)14-12-16-11-13-18(23)17(16)9-7-5-6-8-10-20(25)26/h5-6,12,14,16-19,23-24H,3-4,7-11,13,15H2,1-2H3,(H,25,26)/b6-5+,14-12?/t16-,17-,18?,19?,21?/m1/s1.